The van der Waals surface area contributed by atoms with Crippen LogP contribution in [0.1, 0.15) is 24.8 Å². The molecule has 1 saturated carbocycles. The van der Waals surface area contributed by atoms with Crippen molar-refractivity contribution in [1.82, 2.24) is 9.97 Å². The first kappa shape index (κ1) is 11.7. The van der Waals surface area contributed by atoms with Gasteiger partial charge in [0.25, 0.3) is 0 Å². The third kappa shape index (κ3) is 2.33. The summed E-state index contributed by atoms with van der Waals surface area (Å²) < 4.78 is 5.65. The Bertz CT molecular complexity index is 637. The predicted molar refractivity (Wildman–Crippen MR) is 77.9 cm³/mol. The van der Waals surface area contributed by atoms with Gasteiger partial charge in [-0.1, -0.05) is 0 Å². The van der Waals surface area contributed by atoms with Gasteiger partial charge in [0.2, 0.25) is 0 Å². The van der Waals surface area contributed by atoms with Gasteiger partial charge in [0, 0.05) is 17.7 Å². The van der Waals surface area contributed by atoms with Gasteiger partial charge in [0.05, 0.1) is 12.3 Å². The molecule has 2 aliphatic rings. The van der Waals surface area contributed by atoms with Crippen LogP contribution < -0.4 is 10.1 Å². The Kier molecular flexibility index (Phi) is 2.80. The predicted octanol–water partition coefficient (Wildman–Crippen LogP) is 3.04. The summed E-state index contributed by atoms with van der Waals surface area (Å²) in [6.07, 6.45) is 6.30. The standard InChI is InChI=1S/C16H17N3O/c1-2-12-8-11(3-6-15(12)20-7-1)14-9-16(18-10-17-14)19-13-4-5-13/h3,6,8-10,13H,1-2,4-5,7H2,(H,17,18,19). The lowest BCUT2D eigenvalue weighted by atomic mass is 10.0. The van der Waals surface area contributed by atoms with E-state index in [-0.39, 0.29) is 0 Å². The normalized spacial score (nSPS) is 17.2. The number of hydrogen-bond donors (Lipinski definition) is 1. The van der Waals surface area contributed by atoms with Gasteiger partial charge >= 0.3 is 0 Å². The second-order valence-electron chi connectivity index (χ2n) is 5.48. The van der Waals surface area contributed by atoms with E-state index < -0.39 is 0 Å². The lowest BCUT2D eigenvalue weighted by Crippen LogP contribution is -2.08. The minimum atomic E-state index is 0.606. The summed E-state index contributed by atoms with van der Waals surface area (Å²) in [7, 11) is 0. The molecule has 4 nitrogen and oxygen atoms in total. The highest BCUT2D eigenvalue weighted by Gasteiger charge is 2.21. The van der Waals surface area contributed by atoms with Gasteiger partial charge in [-0.25, -0.2) is 9.97 Å². The van der Waals surface area contributed by atoms with Crippen molar-refractivity contribution in [3.8, 4) is 17.0 Å². The van der Waals surface area contributed by atoms with Crippen LogP contribution in [0.15, 0.2) is 30.6 Å². The molecule has 0 saturated heterocycles. The Morgan fingerprint density at radius 1 is 1.15 bits per heavy atom. The van der Waals surface area contributed by atoms with E-state index in [9.17, 15) is 0 Å². The molecule has 1 N–H and O–H groups in total. The van der Waals surface area contributed by atoms with Gasteiger partial charge in [-0.3, -0.25) is 0 Å². The average Bonchev–Trinajstić information content (AvgIpc) is 3.31. The van der Waals surface area contributed by atoms with Crippen molar-refractivity contribution in [1.29, 1.82) is 0 Å². The zero-order valence-electron chi connectivity index (χ0n) is 11.3. The molecule has 2 aromatic rings. The molecule has 0 radical (unpaired) electrons. The molecule has 0 amide bonds. The van der Waals surface area contributed by atoms with Crippen LogP contribution in [0.5, 0.6) is 5.75 Å². The number of aryl methyl sites for hydroxylation is 1. The van der Waals surface area contributed by atoms with Crippen LogP contribution in [0.3, 0.4) is 0 Å². The van der Waals surface area contributed by atoms with E-state index in [1.54, 1.807) is 6.33 Å². The summed E-state index contributed by atoms with van der Waals surface area (Å²) in [5, 5.41) is 3.41. The maximum absolute atomic E-state index is 5.65. The van der Waals surface area contributed by atoms with Crippen molar-refractivity contribution in [3.05, 3.63) is 36.2 Å². The summed E-state index contributed by atoms with van der Waals surface area (Å²) in [5.74, 6) is 1.94. The zero-order valence-corrected chi connectivity index (χ0v) is 11.3. The van der Waals surface area contributed by atoms with Crippen LogP contribution in [0.4, 0.5) is 5.82 Å². The second kappa shape index (κ2) is 4.78. The molecule has 0 unspecified atom stereocenters. The fourth-order valence-electron chi connectivity index (χ4n) is 2.55. The number of rotatable bonds is 3. The molecule has 4 heteroatoms. The molecular formula is C16H17N3O. The zero-order chi connectivity index (χ0) is 13.4. The molecule has 0 bridgehead atoms. The molecule has 2 heterocycles. The van der Waals surface area contributed by atoms with Crippen molar-refractivity contribution in [2.24, 2.45) is 0 Å². The number of fused-ring (bicyclic) bond motifs is 1. The molecule has 1 aromatic carbocycles. The van der Waals surface area contributed by atoms with Gasteiger partial charge < -0.3 is 10.1 Å². The quantitative estimate of drug-likeness (QED) is 0.928. The minimum Gasteiger partial charge on any atom is -0.493 e. The van der Waals surface area contributed by atoms with Crippen molar-refractivity contribution < 1.29 is 4.74 Å². The number of ether oxygens (including phenoxy) is 1. The number of nitrogens with one attached hydrogen (secondary N) is 1. The largest absolute Gasteiger partial charge is 0.493 e. The van der Waals surface area contributed by atoms with Gasteiger partial charge in [-0.05, 0) is 49.4 Å². The topological polar surface area (TPSA) is 47.0 Å². The monoisotopic (exact) mass is 267 g/mol. The fraction of sp³-hybridized carbons (Fsp3) is 0.375. The third-order valence-corrected chi connectivity index (χ3v) is 3.80. The number of benzene rings is 1. The van der Waals surface area contributed by atoms with Gasteiger partial charge in [-0.2, -0.15) is 0 Å². The number of aromatic nitrogens is 2. The Morgan fingerprint density at radius 2 is 2.10 bits per heavy atom. The molecule has 102 valence electrons. The Balaban J connectivity index is 1.65. The highest BCUT2D eigenvalue weighted by Crippen LogP contribution is 2.30. The fourth-order valence-corrected chi connectivity index (χ4v) is 2.55. The van der Waals surface area contributed by atoms with Crippen LogP contribution in [0.2, 0.25) is 0 Å². The second-order valence-corrected chi connectivity index (χ2v) is 5.48. The highest BCUT2D eigenvalue weighted by molar-refractivity contribution is 5.64. The summed E-state index contributed by atoms with van der Waals surface area (Å²) in [6.45, 7) is 0.829. The SMILES string of the molecule is c1nc(NC2CC2)cc(-c2ccc3c(c2)CCCO3)n1. The van der Waals surface area contributed by atoms with E-state index >= 15 is 0 Å². The molecule has 4 rings (SSSR count). The lowest BCUT2D eigenvalue weighted by molar-refractivity contribution is 0.288. The summed E-state index contributed by atoms with van der Waals surface area (Å²) in [4.78, 5) is 8.68. The molecule has 1 fully saturated rings. The van der Waals surface area contributed by atoms with Crippen molar-refractivity contribution in [2.45, 2.75) is 31.7 Å². The lowest BCUT2D eigenvalue weighted by Gasteiger charge is -2.17. The van der Waals surface area contributed by atoms with Crippen LogP contribution in [-0.2, 0) is 6.42 Å². The first-order valence-electron chi connectivity index (χ1n) is 7.23. The van der Waals surface area contributed by atoms with Crippen molar-refractivity contribution in [3.63, 3.8) is 0 Å². The van der Waals surface area contributed by atoms with E-state index in [0.717, 1.165) is 42.3 Å². The summed E-state index contributed by atoms with van der Waals surface area (Å²) in [6, 6.07) is 8.96. The summed E-state index contributed by atoms with van der Waals surface area (Å²) >= 11 is 0. The summed E-state index contributed by atoms with van der Waals surface area (Å²) in [5.41, 5.74) is 3.39. The van der Waals surface area contributed by atoms with Gasteiger partial charge in [-0.15, -0.1) is 0 Å². The molecule has 1 aliphatic carbocycles. The molecule has 0 spiro atoms. The maximum atomic E-state index is 5.65. The maximum Gasteiger partial charge on any atom is 0.130 e. The molecule has 0 atom stereocenters. The first-order valence-corrected chi connectivity index (χ1v) is 7.23. The van der Waals surface area contributed by atoms with E-state index in [2.05, 4.69) is 33.5 Å². The number of anilines is 1. The minimum absolute atomic E-state index is 0.606. The Morgan fingerprint density at radius 3 is 3.00 bits per heavy atom. The van der Waals surface area contributed by atoms with Crippen LogP contribution in [-0.4, -0.2) is 22.6 Å². The van der Waals surface area contributed by atoms with E-state index in [4.69, 9.17) is 4.74 Å². The third-order valence-electron chi connectivity index (χ3n) is 3.80. The van der Waals surface area contributed by atoms with Gasteiger partial charge in [0.1, 0.15) is 17.9 Å². The van der Waals surface area contributed by atoms with Gasteiger partial charge in [0.15, 0.2) is 0 Å². The Labute approximate surface area is 118 Å². The van der Waals surface area contributed by atoms with Crippen LogP contribution in [0, 0.1) is 0 Å². The van der Waals surface area contributed by atoms with E-state index in [1.165, 1.54) is 18.4 Å². The first-order chi connectivity index (χ1) is 9.88. The van der Waals surface area contributed by atoms with E-state index in [1.807, 2.05) is 6.07 Å². The average molecular weight is 267 g/mol. The highest BCUT2D eigenvalue weighted by atomic mass is 16.5. The Hall–Kier alpha value is -2.10. The van der Waals surface area contributed by atoms with Crippen LogP contribution >= 0.6 is 0 Å². The number of hydrogen-bond acceptors (Lipinski definition) is 4. The van der Waals surface area contributed by atoms with Crippen molar-refractivity contribution >= 4 is 5.82 Å². The molecule has 20 heavy (non-hydrogen) atoms. The molecule has 1 aliphatic heterocycles. The van der Waals surface area contributed by atoms with E-state index in [0.29, 0.717) is 6.04 Å². The van der Waals surface area contributed by atoms with Crippen molar-refractivity contribution in [2.75, 3.05) is 11.9 Å². The smallest absolute Gasteiger partial charge is 0.130 e. The molecular weight excluding hydrogens is 250 g/mol. The molecule has 1 aromatic heterocycles. The number of nitrogens with zero attached hydrogens (tertiary/aromatic N) is 2. The van der Waals surface area contributed by atoms with Crippen LogP contribution in [0.25, 0.3) is 11.3 Å².